The average molecular weight is 432 g/mol. The summed E-state index contributed by atoms with van der Waals surface area (Å²) in [7, 11) is 0. The minimum atomic E-state index is -4.67. The summed E-state index contributed by atoms with van der Waals surface area (Å²) in [5.41, 5.74) is 0.581. The number of nitrogens with zero attached hydrogens (tertiary/aromatic N) is 3. The van der Waals surface area contributed by atoms with Gasteiger partial charge in [0.15, 0.2) is 11.8 Å². The highest BCUT2D eigenvalue weighted by molar-refractivity contribution is 6.02. The number of hydrogen-bond donors (Lipinski definition) is 1. The van der Waals surface area contributed by atoms with E-state index in [2.05, 4.69) is 20.1 Å². The van der Waals surface area contributed by atoms with Gasteiger partial charge in [-0.3, -0.25) is 4.79 Å². The summed E-state index contributed by atoms with van der Waals surface area (Å²) in [4.78, 5) is 28.8. The molecule has 3 aromatic heterocycles. The van der Waals surface area contributed by atoms with Gasteiger partial charge in [-0.1, -0.05) is 12.1 Å². The Bertz CT molecular complexity index is 1280. The van der Waals surface area contributed by atoms with Gasteiger partial charge in [0.05, 0.1) is 12.7 Å². The number of halogens is 3. The van der Waals surface area contributed by atoms with E-state index in [-0.39, 0.29) is 23.3 Å². The van der Waals surface area contributed by atoms with Gasteiger partial charge in [0.25, 0.3) is 5.91 Å². The number of carbonyl (C=O) groups excluding carboxylic acids is 2. The topological polar surface area (TPSA) is 98.7 Å². The number of rotatable bonds is 5. The van der Waals surface area contributed by atoms with Gasteiger partial charge in [-0.05, 0) is 25.1 Å². The standard InChI is InChI=1S/C20H15F3N4O4/c1-11(20(21,22)23)30-19(29)14-5-2-4-12-8-13(31-16(12)14)9-25-18(28)15-10-26-27-7-3-6-24-17(15)27/h2-8,10-11H,9H2,1H3,(H,25,28). The van der Waals surface area contributed by atoms with Crippen LogP contribution in [-0.4, -0.2) is 38.8 Å². The predicted molar refractivity (Wildman–Crippen MR) is 101 cm³/mol. The van der Waals surface area contributed by atoms with Crippen molar-refractivity contribution >= 4 is 28.5 Å². The third-order valence-corrected chi connectivity index (χ3v) is 4.51. The minimum Gasteiger partial charge on any atom is -0.458 e. The van der Waals surface area contributed by atoms with Gasteiger partial charge in [-0.2, -0.15) is 18.3 Å². The SMILES string of the molecule is CC(OC(=O)c1cccc2cc(CNC(=O)c3cnn4cccnc34)oc12)C(F)(F)F. The van der Waals surface area contributed by atoms with Gasteiger partial charge in [-0.15, -0.1) is 0 Å². The van der Waals surface area contributed by atoms with Crippen molar-refractivity contribution < 1.29 is 31.9 Å². The molecule has 0 saturated heterocycles. The van der Waals surface area contributed by atoms with Crippen molar-refractivity contribution in [1.82, 2.24) is 19.9 Å². The molecule has 0 saturated carbocycles. The number of ether oxygens (including phenoxy) is 1. The second-order valence-electron chi connectivity index (χ2n) is 6.65. The molecule has 31 heavy (non-hydrogen) atoms. The van der Waals surface area contributed by atoms with Crippen LogP contribution in [0.1, 0.15) is 33.4 Å². The Morgan fingerprint density at radius 1 is 1.26 bits per heavy atom. The lowest BCUT2D eigenvalue weighted by Gasteiger charge is -2.16. The molecular formula is C20H15F3N4O4. The van der Waals surface area contributed by atoms with Crippen LogP contribution in [0.2, 0.25) is 0 Å². The first kappa shape index (κ1) is 20.4. The first-order chi connectivity index (χ1) is 14.7. The summed E-state index contributed by atoms with van der Waals surface area (Å²) in [5.74, 6) is -1.29. The summed E-state index contributed by atoms with van der Waals surface area (Å²) < 4.78 is 49.6. The van der Waals surface area contributed by atoms with Gasteiger partial charge in [0.2, 0.25) is 0 Å². The third-order valence-electron chi connectivity index (χ3n) is 4.51. The van der Waals surface area contributed by atoms with Crippen LogP contribution < -0.4 is 5.32 Å². The highest BCUT2D eigenvalue weighted by Crippen LogP contribution is 2.27. The number of hydrogen-bond acceptors (Lipinski definition) is 6. The molecule has 4 rings (SSSR count). The number of benzene rings is 1. The zero-order valence-electron chi connectivity index (χ0n) is 16.0. The van der Waals surface area contributed by atoms with E-state index in [9.17, 15) is 22.8 Å². The zero-order chi connectivity index (χ0) is 22.2. The van der Waals surface area contributed by atoms with Crippen LogP contribution in [0.25, 0.3) is 16.6 Å². The van der Waals surface area contributed by atoms with Crippen molar-refractivity contribution in [1.29, 1.82) is 0 Å². The van der Waals surface area contributed by atoms with Crippen molar-refractivity contribution in [2.24, 2.45) is 0 Å². The fourth-order valence-corrected chi connectivity index (χ4v) is 2.91. The summed E-state index contributed by atoms with van der Waals surface area (Å²) in [5, 5.41) is 7.19. The largest absolute Gasteiger partial charge is 0.458 e. The molecule has 1 aromatic carbocycles. The van der Waals surface area contributed by atoms with Crippen LogP contribution >= 0.6 is 0 Å². The lowest BCUT2D eigenvalue weighted by molar-refractivity contribution is -0.198. The fourth-order valence-electron chi connectivity index (χ4n) is 2.91. The van der Waals surface area contributed by atoms with Crippen LogP contribution in [-0.2, 0) is 11.3 Å². The number of para-hydroxylation sites is 1. The highest BCUT2D eigenvalue weighted by Gasteiger charge is 2.39. The Hall–Kier alpha value is -3.89. The Morgan fingerprint density at radius 2 is 2.06 bits per heavy atom. The molecule has 1 N–H and O–H groups in total. The molecule has 1 atom stereocenters. The van der Waals surface area contributed by atoms with E-state index in [1.165, 1.54) is 29.0 Å². The molecule has 160 valence electrons. The monoisotopic (exact) mass is 432 g/mol. The number of alkyl halides is 3. The van der Waals surface area contributed by atoms with Gasteiger partial charge >= 0.3 is 12.1 Å². The molecule has 0 aliphatic rings. The number of nitrogens with one attached hydrogen (secondary N) is 1. The average Bonchev–Trinajstić information content (AvgIpc) is 3.34. The minimum absolute atomic E-state index is 0.0227. The van der Waals surface area contributed by atoms with Gasteiger partial charge in [0, 0.05) is 17.8 Å². The molecule has 0 fully saturated rings. The molecule has 1 unspecified atom stereocenters. The number of esters is 1. The van der Waals surface area contributed by atoms with Gasteiger partial charge < -0.3 is 14.5 Å². The van der Waals surface area contributed by atoms with Crippen molar-refractivity contribution in [3.8, 4) is 0 Å². The van der Waals surface area contributed by atoms with Crippen molar-refractivity contribution in [3.05, 3.63) is 65.8 Å². The summed E-state index contributed by atoms with van der Waals surface area (Å²) in [6, 6.07) is 7.69. The molecule has 11 heteroatoms. The number of carbonyl (C=O) groups is 2. The Balaban J connectivity index is 1.51. The van der Waals surface area contributed by atoms with Crippen LogP contribution in [0.15, 0.2) is 53.3 Å². The quantitative estimate of drug-likeness (QED) is 0.485. The van der Waals surface area contributed by atoms with E-state index < -0.39 is 24.2 Å². The lowest BCUT2D eigenvalue weighted by Crippen LogP contribution is -2.30. The van der Waals surface area contributed by atoms with Crippen molar-refractivity contribution in [2.75, 3.05) is 0 Å². The highest BCUT2D eigenvalue weighted by atomic mass is 19.4. The first-order valence-corrected chi connectivity index (χ1v) is 9.09. The second-order valence-corrected chi connectivity index (χ2v) is 6.65. The molecule has 1 amide bonds. The van der Waals surface area contributed by atoms with Crippen LogP contribution in [0.4, 0.5) is 13.2 Å². The van der Waals surface area contributed by atoms with E-state index in [0.717, 1.165) is 6.92 Å². The van der Waals surface area contributed by atoms with E-state index in [1.54, 1.807) is 24.4 Å². The predicted octanol–water partition coefficient (Wildman–Crippen LogP) is 3.51. The van der Waals surface area contributed by atoms with E-state index in [1.807, 2.05) is 0 Å². The summed E-state index contributed by atoms with van der Waals surface area (Å²) >= 11 is 0. The molecule has 0 radical (unpaired) electrons. The fraction of sp³-hybridized carbons (Fsp3) is 0.200. The van der Waals surface area contributed by atoms with E-state index >= 15 is 0 Å². The second kappa shape index (κ2) is 7.74. The smallest absolute Gasteiger partial charge is 0.425 e. The Kier molecular flexibility index (Phi) is 5.09. The summed E-state index contributed by atoms with van der Waals surface area (Å²) in [6.45, 7) is 0.724. The zero-order valence-corrected chi connectivity index (χ0v) is 16.0. The molecule has 0 aliphatic carbocycles. The van der Waals surface area contributed by atoms with Crippen molar-refractivity contribution in [2.45, 2.75) is 25.7 Å². The first-order valence-electron chi connectivity index (χ1n) is 9.09. The third kappa shape index (κ3) is 4.06. The Morgan fingerprint density at radius 3 is 2.84 bits per heavy atom. The van der Waals surface area contributed by atoms with Gasteiger partial charge in [-0.25, -0.2) is 14.3 Å². The van der Waals surface area contributed by atoms with E-state index in [4.69, 9.17) is 4.42 Å². The molecule has 0 bridgehead atoms. The molecular weight excluding hydrogens is 417 g/mol. The summed E-state index contributed by atoms with van der Waals surface area (Å²) in [6.07, 6.45) is -2.36. The van der Waals surface area contributed by atoms with Crippen LogP contribution in [0.3, 0.4) is 0 Å². The van der Waals surface area contributed by atoms with Crippen LogP contribution in [0, 0.1) is 0 Å². The van der Waals surface area contributed by atoms with E-state index in [0.29, 0.717) is 16.8 Å². The molecule has 0 spiro atoms. The Labute approximate surface area is 172 Å². The van der Waals surface area contributed by atoms with Gasteiger partial charge in [0.1, 0.15) is 22.5 Å². The molecule has 0 aliphatic heterocycles. The number of aromatic nitrogens is 3. The lowest BCUT2D eigenvalue weighted by atomic mass is 10.1. The number of amides is 1. The maximum Gasteiger partial charge on any atom is 0.425 e. The molecule has 3 heterocycles. The van der Waals surface area contributed by atoms with Crippen LogP contribution in [0.5, 0.6) is 0 Å². The molecule has 8 nitrogen and oxygen atoms in total. The molecule has 4 aromatic rings. The van der Waals surface area contributed by atoms with Crippen molar-refractivity contribution in [3.63, 3.8) is 0 Å². The maximum absolute atomic E-state index is 12.7. The number of fused-ring (bicyclic) bond motifs is 2. The number of furan rings is 1. The maximum atomic E-state index is 12.7. The normalized spacial score (nSPS) is 12.8.